The molecule has 0 atom stereocenters. The van der Waals surface area contributed by atoms with E-state index < -0.39 is 0 Å². The third-order valence-electron chi connectivity index (χ3n) is 2.39. The van der Waals surface area contributed by atoms with Gasteiger partial charge in [0.15, 0.2) is 0 Å². The number of ether oxygens (including phenoxy) is 1. The van der Waals surface area contributed by atoms with Crippen LogP contribution in [0.25, 0.3) is 0 Å². The molecule has 1 aliphatic rings. The molecule has 0 spiro atoms. The average Bonchev–Trinajstić information content (AvgIpc) is 2.42. The number of allylic oxidation sites excluding steroid dienone is 1. The second-order valence-corrected chi connectivity index (χ2v) is 3.84. The van der Waals surface area contributed by atoms with Crippen LogP contribution in [-0.4, -0.2) is 0 Å². The lowest BCUT2D eigenvalue weighted by atomic mass is 10.00. The smallest absolute Gasteiger partial charge is 0.130 e. The summed E-state index contributed by atoms with van der Waals surface area (Å²) in [6, 6.07) is 6.39. The van der Waals surface area contributed by atoms with Gasteiger partial charge < -0.3 is 4.74 Å². The molecule has 68 valence electrons. The van der Waals surface area contributed by atoms with Crippen LogP contribution < -0.4 is 4.74 Å². The molecule has 0 amide bonds. The summed E-state index contributed by atoms with van der Waals surface area (Å²) in [5.74, 6) is 2.42. The Morgan fingerprint density at radius 3 is 2.85 bits per heavy atom. The van der Waals surface area contributed by atoms with E-state index in [9.17, 15) is 0 Å². The van der Waals surface area contributed by atoms with Crippen molar-refractivity contribution < 1.29 is 4.74 Å². The fourth-order valence-electron chi connectivity index (χ4n) is 1.60. The quantitative estimate of drug-likeness (QED) is 0.635. The van der Waals surface area contributed by atoms with E-state index in [-0.39, 0.29) is 0 Å². The average molecular weight is 174 g/mol. The van der Waals surface area contributed by atoms with Crippen LogP contribution in [0.4, 0.5) is 0 Å². The molecule has 0 aliphatic carbocycles. The Hall–Kier alpha value is -1.24. The van der Waals surface area contributed by atoms with E-state index in [0.29, 0.717) is 5.92 Å². The molecular weight excluding hydrogens is 160 g/mol. The van der Waals surface area contributed by atoms with Crippen LogP contribution in [0.2, 0.25) is 0 Å². The van der Waals surface area contributed by atoms with Crippen LogP contribution in [0.5, 0.6) is 5.75 Å². The number of fused-ring (bicyclic) bond motifs is 1. The van der Waals surface area contributed by atoms with E-state index in [1.165, 1.54) is 11.1 Å². The molecule has 2 rings (SSSR count). The first kappa shape index (κ1) is 8.36. The summed E-state index contributed by atoms with van der Waals surface area (Å²) in [4.78, 5) is 0. The van der Waals surface area contributed by atoms with Crippen molar-refractivity contribution in [1.29, 1.82) is 0 Å². The molecule has 1 aliphatic heterocycles. The molecule has 0 saturated heterocycles. The molecule has 1 heteroatoms. The van der Waals surface area contributed by atoms with Gasteiger partial charge in [-0.3, -0.25) is 0 Å². The predicted octanol–water partition coefficient (Wildman–Crippen LogP) is 3.26. The van der Waals surface area contributed by atoms with Gasteiger partial charge in [0.2, 0.25) is 0 Å². The molecule has 0 N–H and O–H groups in total. The van der Waals surface area contributed by atoms with E-state index in [4.69, 9.17) is 4.74 Å². The Kier molecular flexibility index (Phi) is 1.87. The molecule has 1 aromatic rings. The number of hydrogen-bond donors (Lipinski definition) is 0. The third-order valence-corrected chi connectivity index (χ3v) is 2.39. The monoisotopic (exact) mass is 174 g/mol. The Balaban J connectivity index is 2.40. The fourth-order valence-corrected chi connectivity index (χ4v) is 1.60. The Labute approximate surface area is 79.0 Å². The summed E-state index contributed by atoms with van der Waals surface area (Å²) in [6.07, 6.45) is 0.871. The summed E-state index contributed by atoms with van der Waals surface area (Å²) in [5, 5.41) is 0. The van der Waals surface area contributed by atoms with Gasteiger partial charge in [0.05, 0.1) is 0 Å². The maximum Gasteiger partial charge on any atom is 0.130 e. The largest absolute Gasteiger partial charge is 0.462 e. The lowest BCUT2D eigenvalue weighted by Gasteiger charge is -2.06. The first-order chi connectivity index (χ1) is 6.16. The minimum Gasteiger partial charge on any atom is -0.462 e. The second-order valence-electron chi connectivity index (χ2n) is 3.84. The molecule has 0 bridgehead atoms. The molecule has 13 heavy (non-hydrogen) atoms. The highest BCUT2D eigenvalue weighted by molar-refractivity contribution is 5.44. The van der Waals surface area contributed by atoms with Gasteiger partial charge in [-0.2, -0.15) is 0 Å². The zero-order valence-corrected chi connectivity index (χ0v) is 8.13. The van der Waals surface area contributed by atoms with Crippen molar-refractivity contribution in [2.45, 2.75) is 26.2 Å². The molecule has 1 heterocycles. The fraction of sp³-hybridized carbons (Fsp3) is 0.333. The molecule has 1 aromatic carbocycles. The number of benzene rings is 1. The van der Waals surface area contributed by atoms with E-state index in [1.54, 1.807) is 0 Å². The van der Waals surface area contributed by atoms with Crippen LogP contribution in [0.1, 0.15) is 30.9 Å². The van der Waals surface area contributed by atoms with Gasteiger partial charge in [-0.1, -0.05) is 32.6 Å². The Bertz CT molecular complexity index is 350. The normalized spacial score (nSPS) is 14.5. The maximum absolute atomic E-state index is 5.45. The van der Waals surface area contributed by atoms with Crippen LogP contribution in [0.3, 0.4) is 0 Å². The minimum absolute atomic E-state index is 0.583. The zero-order valence-electron chi connectivity index (χ0n) is 8.13. The van der Waals surface area contributed by atoms with E-state index in [0.717, 1.165) is 17.9 Å². The van der Waals surface area contributed by atoms with Crippen LogP contribution in [0, 0.1) is 0 Å². The first-order valence-corrected chi connectivity index (χ1v) is 4.65. The lowest BCUT2D eigenvalue weighted by Crippen LogP contribution is -1.87. The van der Waals surface area contributed by atoms with Gasteiger partial charge in [0.1, 0.15) is 11.5 Å². The molecule has 0 unspecified atom stereocenters. The van der Waals surface area contributed by atoms with Gasteiger partial charge in [-0.05, 0) is 17.5 Å². The van der Waals surface area contributed by atoms with Gasteiger partial charge >= 0.3 is 0 Å². The van der Waals surface area contributed by atoms with E-state index in [2.05, 4.69) is 32.6 Å². The number of hydrogen-bond acceptors (Lipinski definition) is 1. The Morgan fingerprint density at radius 2 is 2.15 bits per heavy atom. The second kappa shape index (κ2) is 2.91. The zero-order chi connectivity index (χ0) is 9.42. The maximum atomic E-state index is 5.45. The van der Waals surface area contributed by atoms with Gasteiger partial charge in [-0.25, -0.2) is 0 Å². The lowest BCUT2D eigenvalue weighted by molar-refractivity contribution is 0.449. The van der Waals surface area contributed by atoms with Crippen molar-refractivity contribution in [3.63, 3.8) is 0 Å². The number of rotatable bonds is 1. The highest BCUT2D eigenvalue weighted by atomic mass is 16.5. The minimum atomic E-state index is 0.583. The van der Waals surface area contributed by atoms with Crippen molar-refractivity contribution in [3.8, 4) is 5.75 Å². The molecule has 0 saturated carbocycles. The standard InChI is InChI=1S/C12H14O/c1-8(2)10-4-5-12-11(7-10)6-9(3)13-12/h4-5,7-8H,3,6H2,1-2H3. The third kappa shape index (κ3) is 1.46. The van der Waals surface area contributed by atoms with Crippen LogP contribution >= 0.6 is 0 Å². The highest BCUT2D eigenvalue weighted by Crippen LogP contribution is 2.32. The van der Waals surface area contributed by atoms with Crippen molar-refractivity contribution in [1.82, 2.24) is 0 Å². The summed E-state index contributed by atoms with van der Waals surface area (Å²) < 4.78 is 5.45. The van der Waals surface area contributed by atoms with Crippen molar-refractivity contribution in [3.05, 3.63) is 41.7 Å². The summed E-state index contributed by atoms with van der Waals surface area (Å²) in [6.45, 7) is 8.22. The molecule has 1 nitrogen and oxygen atoms in total. The molecule has 0 radical (unpaired) electrons. The van der Waals surface area contributed by atoms with E-state index in [1.807, 2.05) is 6.07 Å². The highest BCUT2D eigenvalue weighted by Gasteiger charge is 2.16. The SMILES string of the molecule is C=C1Cc2cc(C(C)C)ccc2O1. The van der Waals surface area contributed by atoms with Crippen LogP contribution in [0.15, 0.2) is 30.5 Å². The summed E-state index contributed by atoms with van der Waals surface area (Å²) in [7, 11) is 0. The van der Waals surface area contributed by atoms with Crippen molar-refractivity contribution >= 4 is 0 Å². The first-order valence-electron chi connectivity index (χ1n) is 4.65. The van der Waals surface area contributed by atoms with Crippen molar-refractivity contribution in [2.75, 3.05) is 0 Å². The van der Waals surface area contributed by atoms with E-state index >= 15 is 0 Å². The van der Waals surface area contributed by atoms with Crippen molar-refractivity contribution in [2.24, 2.45) is 0 Å². The summed E-state index contributed by atoms with van der Waals surface area (Å²) >= 11 is 0. The van der Waals surface area contributed by atoms with Gasteiger partial charge in [0.25, 0.3) is 0 Å². The van der Waals surface area contributed by atoms with Crippen LogP contribution in [-0.2, 0) is 6.42 Å². The topological polar surface area (TPSA) is 9.23 Å². The molecular formula is C12H14O. The molecule has 0 aromatic heterocycles. The van der Waals surface area contributed by atoms with Gasteiger partial charge in [-0.15, -0.1) is 0 Å². The molecule has 0 fully saturated rings. The Morgan fingerprint density at radius 1 is 1.38 bits per heavy atom. The van der Waals surface area contributed by atoms with Gasteiger partial charge in [0, 0.05) is 12.0 Å². The predicted molar refractivity (Wildman–Crippen MR) is 54.0 cm³/mol. The summed E-state index contributed by atoms with van der Waals surface area (Å²) in [5.41, 5.74) is 2.65.